The molecule has 102 valence electrons. The first-order valence-electron chi connectivity index (χ1n) is 5.24. The minimum absolute atomic E-state index is 0.00101. The zero-order valence-corrected chi connectivity index (χ0v) is 12.1. The molecule has 0 aromatic carbocycles. The predicted molar refractivity (Wildman–Crippen MR) is 64.3 cm³/mol. The summed E-state index contributed by atoms with van der Waals surface area (Å²) in [4.78, 5) is 0. The molecule has 1 unspecified atom stereocenters. The van der Waals surface area contributed by atoms with Gasteiger partial charge in [-0.1, -0.05) is 5.21 Å². The summed E-state index contributed by atoms with van der Waals surface area (Å²) in [5.41, 5.74) is 0. The number of hydrogen-bond donors (Lipinski definition) is 1. The van der Waals surface area contributed by atoms with Gasteiger partial charge in [-0.15, -0.1) is 5.10 Å². The van der Waals surface area contributed by atoms with Gasteiger partial charge in [-0.05, 0) is 15.9 Å². The van der Waals surface area contributed by atoms with Gasteiger partial charge in [0.2, 0.25) is 5.03 Å². The van der Waals surface area contributed by atoms with Crippen LogP contribution in [0, 0.1) is 0 Å². The van der Waals surface area contributed by atoms with Gasteiger partial charge in [0, 0.05) is 20.1 Å². The number of halogens is 1. The van der Waals surface area contributed by atoms with Gasteiger partial charge in [0.1, 0.15) is 0 Å². The number of sulfonamides is 1. The normalized spacial score (nSPS) is 22.3. The molecule has 2 heterocycles. The summed E-state index contributed by atoms with van der Waals surface area (Å²) < 4.78 is 32.7. The fourth-order valence-electron chi connectivity index (χ4n) is 1.74. The molecule has 0 aliphatic carbocycles. The van der Waals surface area contributed by atoms with Gasteiger partial charge in [-0.25, -0.2) is 13.1 Å². The molecule has 8 nitrogen and oxygen atoms in total. The third kappa shape index (κ3) is 2.43. The molecule has 1 saturated heterocycles. The highest BCUT2D eigenvalue weighted by Gasteiger charge is 2.34. The van der Waals surface area contributed by atoms with Crippen LogP contribution in [0.15, 0.2) is 9.63 Å². The topological polar surface area (TPSA) is 97.5 Å². The lowest BCUT2D eigenvalue weighted by Crippen LogP contribution is -2.47. The molecule has 1 aromatic rings. The molecule has 0 saturated carbocycles. The Morgan fingerprint density at radius 1 is 1.61 bits per heavy atom. The molecule has 1 aliphatic heterocycles. The first-order valence-corrected chi connectivity index (χ1v) is 7.48. The minimum atomic E-state index is -3.69. The van der Waals surface area contributed by atoms with Gasteiger partial charge >= 0.3 is 0 Å². The number of ether oxygens (including phenoxy) is 1. The smallest absolute Gasteiger partial charge is 0.263 e. The zero-order chi connectivity index (χ0) is 13.3. The first-order chi connectivity index (χ1) is 8.46. The van der Waals surface area contributed by atoms with E-state index in [2.05, 4.69) is 26.2 Å². The molecule has 10 heteroatoms. The van der Waals surface area contributed by atoms with Gasteiger partial charge in [-0.3, -0.25) is 0 Å². The maximum absolute atomic E-state index is 12.4. The Morgan fingerprint density at radius 2 is 2.33 bits per heavy atom. The Bertz CT molecular complexity index is 512. The summed E-state index contributed by atoms with van der Waals surface area (Å²) in [5.74, 6) is 0. The molecule has 0 spiro atoms. The van der Waals surface area contributed by atoms with Crippen LogP contribution in [0.2, 0.25) is 0 Å². The van der Waals surface area contributed by atoms with E-state index in [9.17, 15) is 8.42 Å². The van der Waals surface area contributed by atoms with Crippen molar-refractivity contribution < 1.29 is 18.3 Å². The number of nitrogens with zero attached hydrogens (tertiary/aromatic N) is 4. The molecular formula is C8H13BrN4O4S. The Labute approximate surface area is 113 Å². The lowest BCUT2D eigenvalue weighted by atomic mass is 10.3. The monoisotopic (exact) mass is 340 g/mol. The fraction of sp³-hybridized carbons (Fsp3) is 0.750. The summed E-state index contributed by atoms with van der Waals surface area (Å²) in [5, 5.41) is 16.3. The van der Waals surface area contributed by atoms with Crippen LogP contribution in [-0.4, -0.2) is 65.2 Å². The van der Waals surface area contributed by atoms with Crippen molar-refractivity contribution in [2.75, 3.05) is 26.3 Å². The maximum atomic E-state index is 12.4. The molecule has 1 aromatic heterocycles. The fourth-order valence-corrected chi connectivity index (χ4v) is 4.23. The van der Waals surface area contributed by atoms with Gasteiger partial charge in [0.05, 0.1) is 19.3 Å². The van der Waals surface area contributed by atoms with E-state index in [1.54, 1.807) is 0 Å². The molecule has 0 amide bonds. The SMILES string of the molecule is Cn1nnc(Br)c1S(=O)(=O)N1CCOC(CO)C1. The quantitative estimate of drug-likeness (QED) is 0.754. The van der Waals surface area contributed by atoms with E-state index in [1.165, 1.54) is 16.0 Å². The lowest BCUT2D eigenvalue weighted by Gasteiger charge is -2.30. The van der Waals surface area contributed by atoms with Crippen LogP contribution in [0.5, 0.6) is 0 Å². The molecule has 2 rings (SSSR count). The van der Waals surface area contributed by atoms with Crippen molar-refractivity contribution in [1.82, 2.24) is 19.3 Å². The predicted octanol–water partition coefficient (Wildman–Crippen LogP) is -1.04. The van der Waals surface area contributed by atoms with E-state index in [1.807, 2.05) is 0 Å². The molecule has 0 bridgehead atoms. The summed E-state index contributed by atoms with van der Waals surface area (Å²) >= 11 is 3.07. The van der Waals surface area contributed by atoms with Crippen molar-refractivity contribution in [1.29, 1.82) is 0 Å². The number of aliphatic hydroxyl groups excluding tert-OH is 1. The van der Waals surface area contributed by atoms with E-state index in [-0.39, 0.29) is 35.9 Å². The molecule has 1 aliphatic rings. The maximum Gasteiger partial charge on any atom is 0.263 e. The second kappa shape index (κ2) is 5.21. The highest BCUT2D eigenvalue weighted by atomic mass is 79.9. The Kier molecular flexibility index (Phi) is 4.02. The van der Waals surface area contributed by atoms with Crippen molar-refractivity contribution in [2.45, 2.75) is 11.1 Å². The van der Waals surface area contributed by atoms with Crippen molar-refractivity contribution >= 4 is 26.0 Å². The third-order valence-corrected chi connectivity index (χ3v) is 5.38. The number of hydrogen-bond acceptors (Lipinski definition) is 6. The molecular weight excluding hydrogens is 328 g/mol. The number of rotatable bonds is 3. The average Bonchev–Trinajstić information content (AvgIpc) is 2.69. The Balaban J connectivity index is 2.31. The first kappa shape index (κ1) is 13.9. The van der Waals surface area contributed by atoms with Crippen LogP contribution < -0.4 is 0 Å². The van der Waals surface area contributed by atoms with Gasteiger partial charge in [0.25, 0.3) is 10.0 Å². The average molecular weight is 341 g/mol. The van der Waals surface area contributed by atoms with Crippen LogP contribution in [0.4, 0.5) is 0 Å². The van der Waals surface area contributed by atoms with Crippen LogP contribution in [0.1, 0.15) is 0 Å². The van der Waals surface area contributed by atoms with E-state index in [0.29, 0.717) is 0 Å². The van der Waals surface area contributed by atoms with Gasteiger partial charge in [0.15, 0.2) is 4.60 Å². The van der Waals surface area contributed by atoms with E-state index in [0.717, 1.165) is 0 Å². The number of morpholine rings is 1. The molecule has 1 fully saturated rings. The van der Waals surface area contributed by atoms with Crippen LogP contribution in [0.25, 0.3) is 0 Å². The van der Waals surface area contributed by atoms with E-state index in [4.69, 9.17) is 9.84 Å². The van der Waals surface area contributed by atoms with E-state index < -0.39 is 16.1 Å². The van der Waals surface area contributed by atoms with Gasteiger partial charge in [-0.2, -0.15) is 4.31 Å². The lowest BCUT2D eigenvalue weighted by molar-refractivity contribution is -0.0305. The Hall–Kier alpha value is -0.550. The minimum Gasteiger partial charge on any atom is -0.394 e. The van der Waals surface area contributed by atoms with Gasteiger partial charge < -0.3 is 9.84 Å². The second-order valence-corrected chi connectivity index (χ2v) is 6.45. The number of aromatic nitrogens is 3. The molecule has 1 N–H and O–H groups in total. The summed E-state index contributed by atoms with van der Waals surface area (Å²) in [6.45, 7) is 0.414. The molecule has 0 radical (unpaired) electrons. The van der Waals surface area contributed by atoms with Crippen LogP contribution in [-0.2, 0) is 21.8 Å². The number of aryl methyl sites for hydroxylation is 1. The van der Waals surface area contributed by atoms with Crippen LogP contribution in [0.3, 0.4) is 0 Å². The standard InChI is InChI=1S/C8H13BrN4O4S/c1-12-8(7(9)10-11-12)18(15,16)13-2-3-17-6(4-13)5-14/h6,14H,2-5H2,1H3. The molecule has 18 heavy (non-hydrogen) atoms. The largest absolute Gasteiger partial charge is 0.394 e. The Morgan fingerprint density at radius 3 is 2.89 bits per heavy atom. The third-order valence-electron chi connectivity index (χ3n) is 2.63. The highest BCUT2D eigenvalue weighted by molar-refractivity contribution is 9.10. The molecule has 1 atom stereocenters. The van der Waals surface area contributed by atoms with Crippen LogP contribution >= 0.6 is 15.9 Å². The summed E-state index contributed by atoms with van der Waals surface area (Å²) in [6, 6.07) is 0. The van der Waals surface area contributed by atoms with Crippen molar-refractivity contribution in [3.8, 4) is 0 Å². The second-order valence-electron chi connectivity index (χ2n) is 3.85. The highest BCUT2D eigenvalue weighted by Crippen LogP contribution is 2.23. The zero-order valence-electron chi connectivity index (χ0n) is 9.65. The van der Waals surface area contributed by atoms with Crippen molar-refractivity contribution in [3.63, 3.8) is 0 Å². The van der Waals surface area contributed by atoms with E-state index >= 15 is 0 Å². The summed E-state index contributed by atoms with van der Waals surface area (Å²) in [7, 11) is -2.18. The number of aliphatic hydroxyl groups is 1. The van der Waals surface area contributed by atoms with Crippen molar-refractivity contribution in [3.05, 3.63) is 4.60 Å². The van der Waals surface area contributed by atoms with Crippen molar-refractivity contribution in [2.24, 2.45) is 7.05 Å². The summed E-state index contributed by atoms with van der Waals surface area (Å²) in [6.07, 6.45) is -0.492.